The van der Waals surface area contributed by atoms with E-state index in [1.54, 1.807) is 23.0 Å². The smallest absolute Gasteiger partial charge is 0.233 e. The molecular formula is C10H7N2O. The normalized spacial score (nSPS) is 9.85. The van der Waals surface area contributed by atoms with Gasteiger partial charge in [-0.3, -0.25) is 4.79 Å². The van der Waals surface area contributed by atoms with Gasteiger partial charge in [0.1, 0.15) is 0 Å². The lowest BCUT2D eigenvalue weighted by Gasteiger charge is -1.99. The molecule has 0 bridgehead atoms. The van der Waals surface area contributed by atoms with Crippen LogP contribution in [0.1, 0.15) is 5.56 Å². The highest BCUT2D eigenvalue weighted by Crippen LogP contribution is 2.06. The number of aromatic nitrogens is 2. The first-order valence-corrected chi connectivity index (χ1v) is 3.88. The summed E-state index contributed by atoms with van der Waals surface area (Å²) in [4.78, 5) is 10.3. The van der Waals surface area contributed by atoms with Crippen LogP contribution in [0.2, 0.25) is 0 Å². The molecule has 0 spiro atoms. The molecule has 0 atom stereocenters. The van der Waals surface area contributed by atoms with Crippen LogP contribution in [-0.2, 0) is 4.79 Å². The second kappa shape index (κ2) is 3.23. The third kappa shape index (κ3) is 1.49. The highest BCUT2D eigenvalue weighted by molar-refractivity contribution is 5.75. The molecule has 3 nitrogen and oxygen atoms in total. The van der Waals surface area contributed by atoms with Crippen LogP contribution in [0.4, 0.5) is 0 Å². The van der Waals surface area contributed by atoms with E-state index in [0.29, 0.717) is 5.56 Å². The molecule has 0 fully saturated rings. The molecule has 0 N–H and O–H groups in total. The second-order valence-electron chi connectivity index (χ2n) is 2.60. The van der Waals surface area contributed by atoms with Crippen LogP contribution in [0.5, 0.6) is 0 Å². The Hall–Kier alpha value is -1.90. The Kier molecular flexibility index (Phi) is 1.92. The van der Waals surface area contributed by atoms with Gasteiger partial charge in [0.15, 0.2) is 0 Å². The number of nitrogens with zero attached hydrogens (tertiary/aromatic N) is 2. The Balaban J connectivity index is 2.38. The van der Waals surface area contributed by atoms with Gasteiger partial charge >= 0.3 is 0 Å². The fraction of sp³-hybridized carbons (Fsp3) is 0. The topological polar surface area (TPSA) is 34.9 Å². The van der Waals surface area contributed by atoms with Crippen molar-refractivity contribution in [1.29, 1.82) is 0 Å². The molecular weight excluding hydrogens is 164 g/mol. The molecule has 1 aromatic heterocycles. The van der Waals surface area contributed by atoms with E-state index in [9.17, 15) is 4.79 Å². The SMILES string of the molecule is O=[C]c1ccc(-n2cccn2)cc1. The van der Waals surface area contributed by atoms with Gasteiger partial charge in [-0.25, -0.2) is 4.68 Å². The Morgan fingerprint density at radius 1 is 1.23 bits per heavy atom. The van der Waals surface area contributed by atoms with E-state index in [4.69, 9.17) is 0 Å². The fourth-order valence-electron chi connectivity index (χ4n) is 1.10. The molecule has 0 aliphatic rings. The van der Waals surface area contributed by atoms with Crippen LogP contribution in [0.15, 0.2) is 42.7 Å². The minimum absolute atomic E-state index is 0.552. The minimum Gasteiger partial charge on any atom is -0.285 e. The zero-order valence-electron chi connectivity index (χ0n) is 6.84. The number of benzene rings is 1. The van der Waals surface area contributed by atoms with E-state index in [1.807, 2.05) is 30.7 Å². The number of hydrogen-bond acceptors (Lipinski definition) is 2. The van der Waals surface area contributed by atoms with Gasteiger partial charge in [0.25, 0.3) is 0 Å². The molecule has 0 aliphatic heterocycles. The molecule has 0 aliphatic carbocycles. The molecule has 1 heterocycles. The first-order valence-electron chi connectivity index (χ1n) is 3.88. The molecule has 0 saturated carbocycles. The van der Waals surface area contributed by atoms with Gasteiger partial charge in [-0.1, -0.05) is 0 Å². The number of hydrogen-bond donors (Lipinski definition) is 0. The first kappa shape index (κ1) is 7.73. The van der Waals surface area contributed by atoms with Crippen molar-refractivity contribution in [2.75, 3.05) is 0 Å². The highest BCUT2D eigenvalue weighted by atomic mass is 16.1. The van der Waals surface area contributed by atoms with E-state index in [0.717, 1.165) is 5.69 Å². The van der Waals surface area contributed by atoms with Crippen molar-refractivity contribution >= 4 is 6.29 Å². The molecule has 2 aromatic rings. The minimum atomic E-state index is 0.552. The van der Waals surface area contributed by atoms with Gasteiger partial charge in [0, 0.05) is 18.0 Å². The van der Waals surface area contributed by atoms with Gasteiger partial charge in [0.05, 0.1) is 5.69 Å². The molecule has 0 amide bonds. The largest absolute Gasteiger partial charge is 0.285 e. The van der Waals surface area contributed by atoms with Crippen molar-refractivity contribution in [2.45, 2.75) is 0 Å². The molecule has 13 heavy (non-hydrogen) atoms. The fourth-order valence-corrected chi connectivity index (χ4v) is 1.10. The summed E-state index contributed by atoms with van der Waals surface area (Å²) in [5.41, 5.74) is 1.49. The summed E-state index contributed by atoms with van der Waals surface area (Å²) >= 11 is 0. The predicted octanol–water partition coefficient (Wildman–Crippen LogP) is 1.33. The van der Waals surface area contributed by atoms with Crippen LogP contribution in [-0.4, -0.2) is 16.1 Å². The van der Waals surface area contributed by atoms with Gasteiger partial charge < -0.3 is 0 Å². The summed E-state index contributed by atoms with van der Waals surface area (Å²) in [5, 5.41) is 4.06. The average Bonchev–Trinajstić information content (AvgIpc) is 2.71. The maximum Gasteiger partial charge on any atom is 0.233 e. The summed E-state index contributed by atoms with van der Waals surface area (Å²) in [6.07, 6.45) is 5.37. The van der Waals surface area contributed by atoms with Crippen molar-refractivity contribution in [3.8, 4) is 5.69 Å². The van der Waals surface area contributed by atoms with Gasteiger partial charge in [-0.15, -0.1) is 0 Å². The molecule has 0 saturated heterocycles. The van der Waals surface area contributed by atoms with Crippen LogP contribution >= 0.6 is 0 Å². The quantitative estimate of drug-likeness (QED) is 0.683. The lowest BCUT2D eigenvalue weighted by atomic mass is 10.2. The Morgan fingerprint density at radius 3 is 2.54 bits per heavy atom. The van der Waals surface area contributed by atoms with Gasteiger partial charge in [0.2, 0.25) is 6.29 Å². The molecule has 0 unspecified atom stereocenters. The average molecular weight is 171 g/mol. The lowest BCUT2D eigenvalue weighted by Crippen LogP contribution is -1.93. The maximum absolute atomic E-state index is 10.3. The maximum atomic E-state index is 10.3. The lowest BCUT2D eigenvalue weighted by molar-refractivity contribution is 0.563. The van der Waals surface area contributed by atoms with Crippen molar-refractivity contribution < 1.29 is 4.79 Å². The second-order valence-corrected chi connectivity index (χ2v) is 2.60. The van der Waals surface area contributed by atoms with Crippen LogP contribution in [0, 0.1) is 0 Å². The molecule has 63 valence electrons. The van der Waals surface area contributed by atoms with Gasteiger partial charge in [-0.05, 0) is 30.3 Å². The first-order chi connectivity index (χ1) is 6.40. The van der Waals surface area contributed by atoms with Crippen molar-refractivity contribution in [1.82, 2.24) is 9.78 Å². The predicted molar refractivity (Wildman–Crippen MR) is 48.4 cm³/mol. The van der Waals surface area contributed by atoms with Crippen LogP contribution in [0.3, 0.4) is 0 Å². The van der Waals surface area contributed by atoms with Crippen molar-refractivity contribution in [3.05, 3.63) is 48.3 Å². The van der Waals surface area contributed by atoms with Crippen LogP contribution in [0.25, 0.3) is 5.69 Å². The van der Waals surface area contributed by atoms with E-state index >= 15 is 0 Å². The van der Waals surface area contributed by atoms with E-state index in [-0.39, 0.29) is 0 Å². The Morgan fingerprint density at radius 2 is 2.00 bits per heavy atom. The van der Waals surface area contributed by atoms with Crippen LogP contribution < -0.4 is 0 Å². The van der Waals surface area contributed by atoms with Crippen molar-refractivity contribution in [3.63, 3.8) is 0 Å². The monoisotopic (exact) mass is 171 g/mol. The summed E-state index contributed by atoms with van der Waals surface area (Å²) < 4.78 is 1.73. The van der Waals surface area contributed by atoms with E-state index in [2.05, 4.69) is 5.10 Å². The third-order valence-electron chi connectivity index (χ3n) is 1.75. The third-order valence-corrected chi connectivity index (χ3v) is 1.75. The molecule has 1 radical (unpaired) electrons. The summed E-state index contributed by atoms with van der Waals surface area (Å²) in [5.74, 6) is 0. The van der Waals surface area contributed by atoms with Gasteiger partial charge in [-0.2, -0.15) is 5.10 Å². The number of rotatable bonds is 2. The van der Waals surface area contributed by atoms with Crippen molar-refractivity contribution in [2.24, 2.45) is 0 Å². The molecule has 1 aromatic carbocycles. The van der Waals surface area contributed by atoms with E-state index < -0.39 is 0 Å². The summed E-state index contributed by atoms with van der Waals surface area (Å²) in [7, 11) is 0. The summed E-state index contributed by atoms with van der Waals surface area (Å²) in [6, 6.07) is 8.92. The Labute approximate surface area is 75.6 Å². The standard InChI is InChI=1S/C10H7N2O/c13-8-9-2-4-10(5-3-9)12-7-1-6-11-12/h1-7H. The van der Waals surface area contributed by atoms with E-state index in [1.165, 1.54) is 0 Å². The molecule has 3 heteroatoms. The zero-order valence-corrected chi connectivity index (χ0v) is 6.84. The number of carbonyl (C=O) groups excluding carboxylic acids is 1. The molecule has 2 rings (SSSR count). The Bertz CT molecular complexity index is 389. The highest BCUT2D eigenvalue weighted by Gasteiger charge is 1.95. The summed E-state index contributed by atoms with van der Waals surface area (Å²) in [6.45, 7) is 0. The zero-order chi connectivity index (χ0) is 9.10.